The number of hydrogen-bond donors (Lipinski definition) is 1. The molecule has 2 heterocycles. The first-order valence-corrected chi connectivity index (χ1v) is 5.89. The highest BCUT2D eigenvalue weighted by Crippen LogP contribution is 2.20. The van der Waals surface area contributed by atoms with E-state index in [0.29, 0.717) is 0 Å². The Balaban J connectivity index is 1.79. The van der Waals surface area contributed by atoms with Crippen LogP contribution < -0.4 is 5.32 Å². The van der Waals surface area contributed by atoms with E-state index in [1.54, 1.807) is 0 Å². The number of piperidine rings is 1. The molecule has 0 aromatic rings. The first kappa shape index (κ1) is 10.4. The van der Waals surface area contributed by atoms with E-state index in [1.165, 1.54) is 45.4 Å². The molecule has 2 aliphatic rings. The van der Waals surface area contributed by atoms with E-state index in [0.717, 1.165) is 12.1 Å². The van der Waals surface area contributed by atoms with E-state index < -0.39 is 0 Å². The summed E-state index contributed by atoms with van der Waals surface area (Å²) in [7, 11) is 4.32. The van der Waals surface area contributed by atoms with Crippen molar-refractivity contribution in [3.05, 3.63) is 0 Å². The number of likely N-dealkylation sites (N-methyl/N-ethyl adjacent to an activating group) is 1. The molecule has 2 fully saturated rings. The number of rotatable bonds is 2. The highest BCUT2D eigenvalue weighted by molar-refractivity contribution is 4.87. The molecule has 0 aromatic carbocycles. The molecule has 0 aliphatic carbocycles. The van der Waals surface area contributed by atoms with Crippen LogP contribution in [0, 0.1) is 0 Å². The van der Waals surface area contributed by atoms with Gasteiger partial charge in [0.15, 0.2) is 0 Å². The van der Waals surface area contributed by atoms with Crippen LogP contribution in [0.15, 0.2) is 0 Å². The van der Waals surface area contributed by atoms with E-state index in [4.69, 9.17) is 0 Å². The van der Waals surface area contributed by atoms with Crippen molar-refractivity contribution >= 4 is 0 Å². The summed E-state index contributed by atoms with van der Waals surface area (Å²) < 4.78 is 0. The summed E-state index contributed by atoms with van der Waals surface area (Å²) in [5, 5.41) is 3.39. The Bertz CT molecular complexity index is 175. The molecule has 1 atom stereocenters. The monoisotopic (exact) mass is 197 g/mol. The molecule has 0 aromatic heterocycles. The van der Waals surface area contributed by atoms with Crippen LogP contribution in [0.3, 0.4) is 0 Å². The van der Waals surface area contributed by atoms with Crippen molar-refractivity contribution in [1.29, 1.82) is 0 Å². The smallest absolute Gasteiger partial charge is 0.0204 e. The molecule has 2 saturated heterocycles. The summed E-state index contributed by atoms with van der Waals surface area (Å²) >= 11 is 0. The molecule has 0 amide bonds. The van der Waals surface area contributed by atoms with Crippen LogP contribution in [0.5, 0.6) is 0 Å². The molecule has 0 spiro atoms. The van der Waals surface area contributed by atoms with Gasteiger partial charge in [-0.15, -0.1) is 0 Å². The summed E-state index contributed by atoms with van der Waals surface area (Å²) in [4.78, 5) is 5.14. The summed E-state index contributed by atoms with van der Waals surface area (Å²) in [5.74, 6) is 0. The summed E-state index contributed by atoms with van der Waals surface area (Å²) in [6.07, 6.45) is 4.07. The molecule has 82 valence electrons. The van der Waals surface area contributed by atoms with Gasteiger partial charge in [0.1, 0.15) is 0 Å². The Kier molecular flexibility index (Phi) is 3.42. The van der Waals surface area contributed by atoms with Crippen LogP contribution in [0.1, 0.15) is 19.3 Å². The molecule has 3 heteroatoms. The molecule has 1 unspecified atom stereocenters. The van der Waals surface area contributed by atoms with Crippen molar-refractivity contribution in [3.8, 4) is 0 Å². The van der Waals surface area contributed by atoms with Crippen molar-refractivity contribution < 1.29 is 0 Å². The average molecular weight is 197 g/mol. The molecule has 14 heavy (non-hydrogen) atoms. The fourth-order valence-corrected chi connectivity index (χ4v) is 2.71. The van der Waals surface area contributed by atoms with Crippen LogP contribution in [0.25, 0.3) is 0 Å². The Labute approximate surface area is 87.4 Å². The lowest BCUT2D eigenvalue weighted by molar-refractivity contribution is 0.141. The van der Waals surface area contributed by atoms with Gasteiger partial charge in [-0.3, -0.25) is 4.90 Å². The first-order chi connectivity index (χ1) is 6.79. The number of nitrogens with zero attached hydrogens (tertiary/aromatic N) is 2. The van der Waals surface area contributed by atoms with Crippen LogP contribution in [0.2, 0.25) is 0 Å². The number of likely N-dealkylation sites (tertiary alicyclic amines) is 2. The van der Waals surface area contributed by atoms with Crippen LogP contribution in [-0.4, -0.2) is 62.2 Å². The maximum absolute atomic E-state index is 3.39. The van der Waals surface area contributed by atoms with Gasteiger partial charge in [-0.1, -0.05) is 0 Å². The second-order valence-corrected chi connectivity index (χ2v) is 4.80. The zero-order chi connectivity index (χ0) is 9.97. The molecule has 0 bridgehead atoms. The van der Waals surface area contributed by atoms with Crippen LogP contribution in [0.4, 0.5) is 0 Å². The Morgan fingerprint density at radius 1 is 1.07 bits per heavy atom. The summed E-state index contributed by atoms with van der Waals surface area (Å²) in [6.45, 7) is 5.14. The van der Waals surface area contributed by atoms with Gasteiger partial charge in [0.05, 0.1) is 0 Å². The van der Waals surface area contributed by atoms with Gasteiger partial charge in [0.2, 0.25) is 0 Å². The minimum atomic E-state index is 0.745. The number of nitrogens with one attached hydrogen (secondary N) is 1. The zero-order valence-electron chi connectivity index (χ0n) is 9.50. The molecular formula is C11H23N3. The highest BCUT2D eigenvalue weighted by Gasteiger charge is 2.28. The maximum Gasteiger partial charge on any atom is 0.0204 e. The molecule has 2 rings (SSSR count). The summed E-state index contributed by atoms with van der Waals surface area (Å²) in [6, 6.07) is 1.61. The minimum absolute atomic E-state index is 0.745. The fourth-order valence-electron chi connectivity index (χ4n) is 2.71. The van der Waals surface area contributed by atoms with Crippen molar-refractivity contribution in [3.63, 3.8) is 0 Å². The van der Waals surface area contributed by atoms with E-state index in [1.807, 2.05) is 0 Å². The lowest BCUT2D eigenvalue weighted by atomic mass is 10.0. The van der Waals surface area contributed by atoms with E-state index in [2.05, 4.69) is 29.2 Å². The minimum Gasteiger partial charge on any atom is -0.316 e. The van der Waals surface area contributed by atoms with Crippen molar-refractivity contribution in [2.75, 3.05) is 40.3 Å². The molecule has 3 nitrogen and oxygen atoms in total. The van der Waals surface area contributed by atoms with Gasteiger partial charge >= 0.3 is 0 Å². The largest absolute Gasteiger partial charge is 0.316 e. The molecule has 2 aliphatic heterocycles. The Hall–Kier alpha value is -0.120. The van der Waals surface area contributed by atoms with Crippen molar-refractivity contribution in [2.45, 2.75) is 31.3 Å². The molecule has 0 saturated carbocycles. The lowest BCUT2D eigenvalue weighted by Crippen LogP contribution is -2.43. The lowest BCUT2D eigenvalue weighted by Gasteiger charge is -2.35. The van der Waals surface area contributed by atoms with Gasteiger partial charge in [0, 0.05) is 25.2 Å². The second kappa shape index (κ2) is 4.60. The Morgan fingerprint density at radius 2 is 1.79 bits per heavy atom. The van der Waals surface area contributed by atoms with Gasteiger partial charge in [-0.25, -0.2) is 0 Å². The predicted octanol–water partition coefficient (Wildman–Crippen LogP) is 0.374. The standard InChI is InChI=1S/C11H23N3/c1-12-10-3-8-14(9-10)11-4-6-13(2)7-5-11/h10-12H,3-9H2,1-2H3. The molecular weight excluding hydrogens is 174 g/mol. The third kappa shape index (κ3) is 2.27. The SMILES string of the molecule is CNC1CCN(C2CCN(C)CC2)C1. The zero-order valence-corrected chi connectivity index (χ0v) is 9.50. The third-order valence-electron chi connectivity index (χ3n) is 3.83. The van der Waals surface area contributed by atoms with Crippen molar-refractivity contribution in [2.24, 2.45) is 0 Å². The highest BCUT2D eigenvalue weighted by atomic mass is 15.2. The first-order valence-electron chi connectivity index (χ1n) is 5.89. The molecule has 1 N–H and O–H groups in total. The van der Waals surface area contributed by atoms with Crippen molar-refractivity contribution in [1.82, 2.24) is 15.1 Å². The maximum atomic E-state index is 3.39. The van der Waals surface area contributed by atoms with E-state index in [-0.39, 0.29) is 0 Å². The summed E-state index contributed by atoms with van der Waals surface area (Å²) in [5.41, 5.74) is 0. The van der Waals surface area contributed by atoms with Gasteiger partial charge in [0.25, 0.3) is 0 Å². The molecule has 0 radical (unpaired) electrons. The van der Waals surface area contributed by atoms with Crippen LogP contribution in [-0.2, 0) is 0 Å². The Morgan fingerprint density at radius 3 is 2.36 bits per heavy atom. The van der Waals surface area contributed by atoms with Gasteiger partial charge in [-0.2, -0.15) is 0 Å². The van der Waals surface area contributed by atoms with E-state index in [9.17, 15) is 0 Å². The normalized spacial score (nSPS) is 32.6. The third-order valence-corrected chi connectivity index (χ3v) is 3.83. The predicted molar refractivity (Wildman–Crippen MR) is 59.6 cm³/mol. The van der Waals surface area contributed by atoms with Crippen LogP contribution >= 0.6 is 0 Å². The second-order valence-electron chi connectivity index (χ2n) is 4.80. The topological polar surface area (TPSA) is 18.5 Å². The van der Waals surface area contributed by atoms with E-state index >= 15 is 0 Å². The number of hydrogen-bond acceptors (Lipinski definition) is 3. The van der Waals surface area contributed by atoms with Gasteiger partial charge < -0.3 is 10.2 Å². The average Bonchev–Trinajstić information content (AvgIpc) is 2.67. The van der Waals surface area contributed by atoms with Gasteiger partial charge in [-0.05, 0) is 46.4 Å². The fraction of sp³-hybridized carbons (Fsp3) is 1.00. The quantitative estimate of drug-likeness (QED) is 0.690.